The molecule has 2 aliphatic heterocycles. The Morgan fingerprint density at radius 1 is 1.09 bits per heavy atom. The monoisotopic (exact) mass is 624 g/mol. The van der Waals surface area contributed by atoms with Gasteiger partial charge in [-0.3, -0.25) is 4.79 Å². The van der Waals surface area contributed by atoms with Crippen molar-refractivity contribution in [2.75, 3.05) is 39.9 Å². The smallest absolute Gasteiger partial charge is 0.249 e. The lowest BCUT2D eigenvalue weighted by atomic mass is 9.83. The Hall–Kier alpha value is -1.13. The maximum atomic E-state index is 12.7. The summed E-state index contributed by atoms with van der Waals surface area (Å²) < 4.78 is 23.9. The molecule has 8 unspecified atom stereocenters. The highest BCUT2D eigenvalue weighted by molar-refractivity contribution is 5.80. The van der Waals surface area contributed by atoms with Crippen LogP contribution in [0.3, 0.4) is 0 Å². The van der Waals surface area contributed by atoms with Crippen molar-refractivity contribution in [1.82, 2.24) is 16.0 Å². The standard InChI is InChI=1S/C26H52N6O11/c1-26(39)11-40-25(19(37)22(26)30-2)43-21-16(32-23(38)17(35)5-6-27)7-15(29)20(18(21)36)42-24-14(28)4-3-13(41-24)9-31-8-12(34)10-33/h12-22,24-25,30-31,33-37,39H,3-11,27-29H2,1-2H3,(H,32,38)/t12?,13-,14?,15-,16+,17-,18?,19?,20?,21?,22+,24?,25+,26?/m0/s1. The molecule has 2 heterocycles. The number of ether oxygens (including phenoxy) is 4. The Morgan fingerprint density at radius 2 is 1.79 bits per heavy atom. The van der Waals surface area contributed by atoms with Crippen LogP contribution in [0.25, 0.3) is 0 Å². The number of rotatable bonds is 14. The molecule has 252 valence electrons. The van der Waals surface area contributed by atoms with Crippen molar-refractivity contribution in [3.05, 3.63) is 0 Å². The van der Waals surface area contributed by atoms with Crippen LogP contribution in [0.4, 0.5) is 0 Å². The molecule has 17 nitrogen and oxygen atoms in total. The molecule has 0 aromatic rings. The number of aliphatic hydroxyl groups excluding tert-OH is 5. The number of aliphatic hydroxyl groups is 6. The molecule has 15 N–H and O–H groups in total. The van der Waals surface area contributed by atoms with Gasteiger partial charge in [0.05, 0.1) is 43.5 Å². The molecule has 43 heavy (non-hydrogen) atoms. The molecule has 3 aliphatic rings. The fraction of sp³-hybridized carbons (Fsp3) is 0.962. The molecule has 0 aromatic heterocycles. The Labute approximate surface area is 251 Å². The van der Waals surface area contributed by atoms with E-state index in [4.69, 9.17) is 41.3 Å². The van der Waals surface area contributed by atoms with Gasteiger partial charge in [-0.1, -0.05) is 0 Å². The number of amides is 1. The molecule has 2 saturated heterocycles. The minimum absolute atomic E-state index is 0.0136. The van der Waals surface area contributed by atoms with E-state index in [0.717, 1.165) is 0 Å². The molecule has 14 atom stereocenters. The zero-order valence-corrected chi connectivity index (χ0v) is 24.8. The summed E-state index contributed by atoms with van der Waals surface area (Å²) in [5.74, 6) is -0.733. The Balaban J connectivity index is 1.76. The fourth-order valence-corrected chi connectivity index (χ4v) is 5.81. The maximum Gasteiger partial charge on any atom is 0.249 e. The minimum atomic E-state index is -1.47. The minimum Gasteiger partial charge on any atom is -0.394 e. The summed E-state index contributed by atoms with van der Waals surface area (Å²) in [6.07, 6.45) is -8.80. The first-order chi connectivity index (χ1) is 20.3. The molecule has 0 spiro atoms. The SMILES string of the molecule is CN[C@@H]1C(O)[C@@H](OC2C(O)C(OC3O[C@H](CNCC(O)CO)CCC3N)[C@@H](N)C[C@H]2NC(=O)[C@@H](O)CCN)OCC1(C)O. The number of likely N-dealkylation sites (N-methyl/N-ethyl adjacent to an activating group) is 1. The van der Waals surface area contributed by atoms with Gasteiger partial charge in [-0.05, 0) is 46.2 Å². The van der Waals surface area contributed by atoms with E-state index >= 15 is 0 Å². The molecule has 0 aromatic carbocycles. The lowest BCUT2D eigenvalue weighted by molar-refractivity contribution is -0.307. The first-order valence-electron chi connectivity index (χ1n) is 14.9. The topological polar surface area (TPSA) is 290 Å². The van der Waals surface area contributed by atoms with E-state index in [2.05, 4.69) is 16.0 Å². The number of nitrogens with one attached hydrogen (secondary N) is 3. The molecular weight excluding hydrogens is 572 g/mol. The highest BCUT2D eigenvalue weighted by Gasteiger charge is 2.52. The lowest BCUT2D eigenvalue weighted by Gasteiger charge is -2.49. The highest BCUT2D eigenvalue weighted by Crippen LogP contribution is 2.32. The molecule has 0 radical (unpaired) electrons. The summed E-state index contributed by atoms with van der Waals surface area (Å²) in [6, 6.07) is -3.13. The molecule has 3 rings (SSSR count). The maximum absolute atomic E-state index is 12.7. The summed E-state index contributed by atoms with van der Waals surface area (Å²) >= 11 is 0. The Morgan fingerprint density at radius 3 is 2.44 bits per heavy atom. The van der Waals surface area contributed by atoms with Crippen LogP contribution in [0.5, 0.6) is 0 Å². The van der Waals surface area contributed by atoms with Crippen LogP contribution >= 0.6 is 0 Å². The normalized spacial score (nSPS) is 41.9. The lowest BCUT2D eigenvalue weighted by Crippen LogP contribution is -2.69. The second-order valence-electron chi connectivity index (χ2n) is 12.0. The van der Waals surface area contributed by atoms with Crippen molar-refractivity contribution in [2.45, 2.75) is 118 Å². The molecular formula is C26H52N6O11. The van der Waals surface area contributed by atoms with Gasteiger partial charge >= 0.3 is 0 Å². The summed E-state index contributed by atoms with van der Waals surface area (Å²) in [7, 11) is 1.57. The quantitative estimate of drug-likeness (QED) is 0.0856. The van der Waals surface area contributed by atoms with Crippen molar-refractivity contribution in [3.63, 3.8) is 0 Å². The number of hydrogen-bond acceptors (Lipinski definition) is 16. The number of nitrogens with two attached hydrogens (primary N) is 3. The molecule has 1 saturated carbocycles. The van der Waals surface area contributed by atoms with Crippen LogP contribution in [0.15, 0.2) is 0 Å². The Bertz CT molecular complexity index is 862. The fourth-order valence-electron chi connectivity index (χ4n) is 5.81. The second-order valence-corrected chi connectivity index (χ2v) is 12.0. The first kappa shape index (κ1) is 36.3. The average Bonchev–Trinajstić information content (AvgIpc) is 2.95. The third-order valence-corrected chi connectivity index (χ3v) is 8.27. The Kier molecular flexibility index (Phi) is 13.9. The van der Waals surface area contributed by atoms with Gasteiger partial charge in [-0.2, -0.15) is 0 Å². The number of carbonyl (C=O) groups is 1. The van der Waals surface area contributed by atoms with Crippen molar-refractivity contribution in [3.8, 4) is 0 Å². The third kappa shape index (κ3) is 9.44. The summed E-state index contributed by atoms with van der Waals surface area (Å²) in [5, 5.41) is 70.4. The van der Waals surface area contributed by atoms with Gasteiger partial charge < -0.3 is 82.7 Å². The summed E-state index contributed by atoms with van der Waals surface area (Å²) in [5.41, 5.74) is 16.8. The molecule has 1 aliphatic carbocycles. The third-order valence-electron chi connectivity index (χ3n) is 8.27. The van der Waals surface area contributed by atoms with Crippen molar-refractivity contribution >= 4 is 5.91 Å². The van der Waals surface area contributed by atoms with Crippen LogP contribution in [0.1, 0.15) is 32.6 Å². The largest absolute Gasteiger partial charge is 0.394 e. The van der Waals surface area contributed by atoms with Crippen LogP contribution in [-0.4, -0.2) is 162 Å². The van der Waals surface area contributed by atoms with Gasteiger partial charge in [-0.25, -0.2) is 0 Å². The van der Waals surface area contributed by atoms with Gasteiger partial charge in [0.25, 0.3) is 0 Å². The van der Waals surface area contributed by atoms with Gasteiger partial charge in [0.2, 0.25) is 5.91 Å². The number of hydrogen-bond donors (Lipinski definition) is 12. The summed E-state index contributed by atoms with van der Waals surface area (Å²) in [4.78, 5) is 12.7. The van der Waals surface area contributed by atoms with Crippen molar-refractivity contribution in [2.24, 2.45) is 17.2 Å². The molecule has 0 bridgehead atoms. The zero-order chi connectivity index (χ0) is 31.9. The van der Waals surface area contributed by atoms with Crippen molar-refractivity contribution in [1.29, 1.82) is 0 Å². The van der Waals surface area contributed by atoms with Crippen molar-refractivity contribution < 1.29 is 54.4 Å². The summed E-state index contributed by atoms with van der Waals surface area (Å²) in [6.45, 7) is 1.54. The van der Waals surface area contributed by atoms with Gasteiger partial charge in [0, 0.05) is 19.1 Å². The molecule has 17 heteroatoms. The van der Waals surface area contributed by atoms with E-state index in [1.807, 2.05) is 0 Å². The van der Waals surface area contributed by atoms with E-state index in [1.165, 1.54) is 6.92 Å². The molecule has 1 amide bonds. The predicted octanol–water partition coefficient (Wildman–Crippen LogP) is -6.13. The van der Waals surface area contributed by atoms with Crippen LogP contribution in [0.2, 0.25) is 0 Å². The van der Waals surface area contributed by atoms with E-state index in [0.29, 0.717) is 19.4 Å². The van der Waals surface area contributed by atoms with Gasteiger partial charge in [-0.15, -0.1) is 0 Å². The highest BCUT2D eigenvalue weighted by atomic mass is 16.7. The number of carbonyl (C=O) groups excluding carboxylic acids is 1. The molecule has 3 fully saturated rings. The van der Waals surface area contributed by atoms with Crippen LogP contribution in [-0.2, 0) is 23.7 Å². The first-order valence-corrected chi connectivity index (χ1v) is 14.9. The zero-order valence-electron chi connectivity index (χ0n) is 24.8. The average molecular weight is 625 g/mol. The van der Waals surface area contributed by atoms with E-state index in [9.17, 15) is 30.3 Å². The predicted molar refractivity (Wildman–Crippen MR) is 151 cm³/mol. The van der Waals surface area contributed by atoms with Crippen LogP contribution < -0.4 is 33.2 Å². The second kappa shape index (κ2) is 16.4. The van der Waals surface area contributed by atoms with E-state index < -0.39 is 84.9 Å². The van der Waals surface area contributed by atoms with Gasteiger partial charge in [0.1, 0.15) is 36.1 Å². The van der Waals surface area contributed by atoms with E-state index in [-0.39, 0.29) is 45.2 Å². The van der Waals surface area contributed by atoms with Crippen LogP contribution in [0, 0.1) is 0 Å². The van der Waals surface area contributed by atoms with Gasteiger partial charge in [0.15, 0.2) is 12.6 Å². The van der Waals surface area contributed by atoms with E-state index in [1.54, 1.807) is 7.05 Å².